The molecular weight excluding hydrogens is 579 g/mol. The number of hydrogen-bond donors (Lipinski definition) is 1. The maximum atomic E-state index is 12.7. The smallest absolute Gasteiger partial charge is 0.262 e. The van der Waals surface area contributed by atoms with Gasteiger partial charge >= 0.3 is 0 Å². The Balaban J connectivity index is 1.83. The number of rotatable bonds is 12. The van der Waals surface area contributed by atoms with Crippen LogP contribution in [0.25, 0.3) is 6.08 Å². The minimum atomic E-state index is -0.458. The highest BCUT2D eigenvalue weighted by Crippen LogP contribution is 2.35. The van der Waals surface area contributed by atoms with E-state index in [-0.39, 0.29) is 5.57 Å². The van der Waals surface area contributed by atoms with Crippen molar-refractivity contribution in [3.8, 4) is 23.3 Å². The number of methoxy groups -OCH3 is 1. The number of carbonyl (C=O) groups is 1. The molecule has 190 valence electrons. The van der Waals surface area contributed by atoms with Crippen molar-refractivity contribution in [1.82, 2.24) is 5.32 Å². The van der Waals surface area contributed by atoms with E-state index in [2.05, 4.69) is 34.5 Å². The third-order valence-electron chi connectivity index (χ3n) is 5.40. The fraction of sp³-hybridized carbons (Fsp3) is 0.200. The third kappa shape index (κ3) is 8.12. The van der Waals surface area contributed by atoms with Crippen molar-refractivity contribution in [1.29, 1.82) is 5.26 Å². The van der Waals surface area contributed by atoms with Crippen LogP contribution in [0.4, 0.5) is 0 Å². The average molecular weight is 608 g/mol. The predicted molar refractivity (Wildman–Crippen MR) is 153 cm³/mol. The molecule has 0 aliphatic heterocycles. The highest BCUT2D eigenvalue weighted by Gasteiger charge is 2.15. The van der Waals surface area contributed by atoms with E-state index >= 15 is 0 Å². The van der Waals surface area contributed by atoms with E-state index in [9.17, 15) is 10.1 Å². The van der Waals surface area contributed by atoms with Gasteiger partial charge in [0.15, 0.2) is 11.5 Å². The molecule has 0 aliphatic carbocycles. The van der Waals surface area contributed by atoms with Gasteiger partial charge in [0, 0.05) is 15.7 Å². The lowest BCUT2D eigenvalue weighted by atomic mass is 10.0. The standard InChI is InChI=1S/C30H29IN2O4/c1-4-6-24-15-23(16-25(18-32)30(34)33-19-21-9-13-27(35-3)14-10-21)17-28(36-5-2)29(24)37-20-22-7-11-26(31)12-8-22/h4,7-17H,1,5-6,19-20H2,2-3H3,(H,33,34)/b25-16-. The highest BCUT2D eigenvalue weighted by molar-refractivity contribution is 14.1. The SMILES string of the molecule is C=CCc1cc(/C=C(/C#N)C(=O)NCc2ccc(OC)cc2)cc(OCC)c1OCc1ccc(I)cc1. The van der Waals surface area contributed by atoms with Gasteiger partial charge in [0.1, 0.15) is 24.0 Å². The lowest BCUT2D eigenvalue weighted by Crippen LogP contribution is -2.23. The van der Waals surface area contributed by atoms with E-state index in [1.807, 2.05) is 67.6 Å². The Morgan fingerprint density at radius 1 is 1.08 bits per heavy atom. The number of allylic oxidation sites excluding steroid dienone is 1. The highest BCUT2D eigenvalue weighted by atomic mass is 127. The fourth-order valence-electron chi connectivity index (χ4n) is 3.57. The Morgan fingerprint density at radius 3 is 2.41 bits per heavy atom. The van der Waals surface area contributed by atoms with Gasteiger partial charge in [-0.3, -0.25) is 4.79 Å². The molecule has 0 bridgehead atoms. The zero-order chi connectivity index (χ0) is 26.6. The van der Waals surface area contributed by atoms with Crippen molar-refractivity contribution in [2.24, 2.45) is 0 Å². The lowest BCUT2D eigenvalue weighted by Gasteiger charge is -2.17. The van der Waals surface area contributed by atoms with Gasteiger partial charge in [-0.1, -0.05) is 30.3 Å². The van der Waals surface area contributed by atoms with Crippen molar-refractivity contribution in [2.75, 3.05) is 13.7 Å². The first-order chi connectivity index (χ1) is 18.0. The molecule has 0 saturated heterocycles. The number of amides is 1. The molecule has 37 heavy (non-hydrogen) atoms. The van der Waals surface area contributed by atoms with Crippen LogP contribution in [0.2, 0.25) is 0 Å². The maximum Gasteiger partial charge on any atom is 0.262 e. The van der Waals surface area contributed by atoms with E-state index in [1.165, 1.54) is 0 Å². The molecule has 3 aromatic rings. The minimum absolute atomic E-state index is 0.00642. The Bertz CT molecular complexity index is 1290. The predicted octanol–water partition coefficient (Wildman–Crippen LogP) is 6.23. The van der Waals surface area contributed by atoms with Crippen LogP contribution in [0.3, 0.4) is 0 Å². The van der Waals surface area contributed by atoms with E-state index in [1.54, 1.807) is 25.3 Å². The van der Waals surface area contributed by atoms with E-state index in [4.69, 9.17) is 14.2 Å². The molecule has 6 nitrogen and oxygen atoms in total. The average Bonchev–Trinajstić information content (AvgIpc) is 2.91. The normalized spacial score (nSPS) is 10.8. The Labute approximate surface area is 231 Å². The number of ether oxygens (including phenoxy) is 3. The van der Waals surface area contributed by atoms with Crippen LogP contribution in [0.1, 0.15) is 29.2 Å². The molecule has 3 rings (SSSR count). The molecule has 0 atom stereocenters. The zero-order valence-corrected chi connectivity index (χ0v) is 23.1. The van der Waals surface area contributed by atoms with Crippen molar-refractivity contribution in [3.05, 3.63) is 105 Å². The van der Waals surface area contributed by atoms with Crippen LogP contribution in [-0.4, -0.2) is 19.6 Å². The summed E-state index contributed by atoms with van der Waals surface area (Å²) in [5.41, 5.74) is 3.45. The molecule has 0 aliphatic rings. The summed E-state index contributed by atoms with van der Waals surface area (Å²) in [7, 11) is 1.60. The summed E-state index contributed by atoms with van der Waals surface area (Å²) in [5, 5.41) is 12.5. The second-order valence-corrected chi connectivity index (χ2v) is 9.29. The number of benzene rings is 3. The first-order valence-corrected chi connectivity index (χ1v) is 12.9. The second kappa shape index (κ2) is 14.1. The molecule has 0 saturated carbocycles. The number of nitrogens with zero attached hydrogens (tertiary/aromatic N) is 1. The summed E-state index contributed by atoms with van der Waals surface area (Å²) >= 11 is 2.27. The first kappa shape index (κ1) is 27.8. The third-order valence-corrected chi connectivity index (χ3v) is 6.12. The van der Waals surface area contributed by atoms with E-state index < -0.39 is 5.91 Å². The fourth-order valence-corrected chi connectivity index (χ4v) is 3.93. The van der Waals surface area contributed by atoms with Crippen LogP contribution in [0.5, 0.6) is 17.2 Å². The number of hydrogen-bond acceptors (Lipinski definition) is 5. The summed E-state index contributed by atoms with van der Waals surface area (Å²) in [6.07, 6.45) is 3.87. The van der Waals surface area contributed by atoms with Crippen LogP contribution < -0.4 is 19.5 Å². The quantitative estimate of drug-likeness (QED) is 0.114. The van der Waals surface area contributed by atoms with Gasteiger partial charge in [-0.05, 0) is 95.1 Å². The van der Waals surface area contributed by atoms with Gasteiger partial charge in [-0.2, -0.15) is 5.26 Å². The number of carbonyl (C=O) groups excluding carboxylic acids is 1. The lowest BCUT2D eigenvalue weighted by molar-refractivity contribution is -0.117. The van der Waals surface area contributed by atoms with Gasteiger partial charge < -0.3 is 19.5 Å². The van der Waals surface area contributed by atoms with Crippen LogP contribution in [0.15, 0.2) is 78.9 Å². The van der Waals surface area contributed by atoms with Gasteiger partial charge in [0.2, 0.25) is 0 Å². The molecule has 7 heteroatoms. The Morgan fingerprint density at radius 2 is 1.78 bits per heavy atom. The molecule has 3 aromatic carbocycles. The van der Waals surface area contributed by atoms with Gasteiger partial charge in [0.05, 0.1) is 13.7 Å². The zero-order valence-electron chi connectivity index (χ0n) is 20.9. The van der Waals surface area contributed by atoms with E-state index in [0.29, 0.717) is 43.2 Å². The van der Waals surface area contributed by atoms with Gasteiger partial charge in [-0.15, -0.1) is 6.58 Å². The maximum absolute atomic E-state index is 12.7. The van der Waals surface area contributed by atoms with Crippen LogP contribution in [0, 0.1) is 14.9 Å². The molecule has 1 amide bonds. The van der Waals surface area contributed by atoms with Crippen LogP contribution in [-0.2, 0) is 24.4 Å². The molecular formula is C30H29IN2O4. The first-order valence-electron chi connectivity index (χ1n) is 11.8. The molecule has 0 aromatic heterocycles. The van der Waals surface area contributed by atoms with Gasteiger partial charge in [-0.25, -0.2) is 0 Å². The van der Waals surface area contributed by atoms with Crippen molar-refractivity contribution < 1.29 is 19.0 Å². The number of nitriles is 1. The summed E-state index contributed by atoms with van der Waals surface area (Å²) < 4.78 is 18.4. The number of nitrogens with one attached hydrogen (secondary N) is 1. The van der Waals surface area contributed by atoms with Crippen molar-refractivity contribution in [3.63, 3.8) is 0 Å². The minimum Gasteiger partial charge on any atom is -0.497 e. The number of halogens is 1. The molecule has 1 N–H and O–H groups in total. The topological polar surface area (TPSA) is 80.6 Å². The summed E-state index contributed by atoms with van der Waals surface area (Å²) in [6.45, 7) is 6.87. The van der Waals surface area contributed by atoms with Crippen molar-refractivity contribution in [2.45, 2.75) is 26.5 Å². The monoisotopic (exact) mass is 608 g/mol. The Hall–Kier alpha value is -3.77. The molecule has 0 spiro atoms. The second-order valence-electron chi connectivity index (χ2n) is 8.05. The molecule has 0 unspecified atom stereocenters. The largest absolute Gasteiger partial charge is 0.497 e. The molecule has 0 heterocycles. The molecule has 0 fully saturated rings. The summed E-state index contributed by atoms with van der Waals surface area (Å²) in [6, 6.07) is 21.2. The van der Waals surface area contributed by atoms with E-state index in [0.717, 1.165) is 26.0 Å². The van der Waals surface area contributed by atoms with Gasteiger partial charge in [0.25, 0.3) is 5.91 Å². The summed E-state index contributed by atoms with van der Waals surface area (Å²) in [5.74, 6) is 1.45. The molecule has 0 radical (unpaired) electrons. The Kier molecular flexibility index (Phi) is 10.6. The van der Waals surface area contributed by atoms with Crippen molar-refractivity contribution >= 4 is 34.6 Å². The summed E-state index contributed by atoms with van der Waals surface area (Å²) in [4.78, 5) is 12.7. The van der Waals surface area contributed by atoms with Crippen LogP contribution >= 0.6 is 22.6 Å².